The van der Waals surface area contributed by atoms with Crippen molar-refractivity contribution in [3.05, 3.63) is 34.4 Å². The zero-order chi connectivity index (χ0) is 13.8. The summed E-state index contributed by atoms with van der Waals surface area (Å²) in [7, 11) is 0. The number of nitrogens with zero attached hydrogens (tertiary/aromatic N) is 3. The molecule has 0 aliphatic carbocycles. The number of rotatable bonds is 5. The Bertz CT molecular complexity index is 626. The molecule has 8 heteroatoms. The van der Waals surface area contributed by atoms with E-state index < -0.39 is 4.92 Å². The Hall–Kier alpha value is -2.22. The number of nitro benzene ring substituents is 1. The van der Waals surface area contributed by atoms with Gasteiger partial charge in [-0.25, -0.2) is 4.98 Å². The number of nitro groups is 1. The number of non-ortho nitro benzene ring substituents is 1. The standard InChI is InChI=1S/C11H10N4O3S/c1-7(16)6-19-11-12-10(13-14-11)8-3-2-4-9(5-8)15(17)18/h2-5H,6H2,1H3,(H,12,13,14). The van der Waals surface area contributed by atoms with E-state index in [1.165, 1.54) is 30.8 Å². The number of Topliss-reactive ketones (excluding diaryl/α,β-unsaturated/α-hetero) is 1. The van der Waals surface area contributed by atoms with Gasteiger partial charge in [-0.1, -0.05) is 23.9 Å². The SMILES string of the molecule is CC(=O)CSc1n[nH]c(-c2cccc([N+](=O)[O-])c2)n1. The first-order valence-electron chi connectivity index (χ1n) is 5.36. The lowest BCUT2D eigenvalue weighted by Crippen LogP contribution is -1.93. The molecule has 2 rings (SSSR count). The highest BCUT2D eigenvalue weighted by molar-refractivity contribution is 7.99. The molecule has 0 bridgehead atoms. The van der Waals surface area contributed by atoms with Gasteiger partial charge in [0.2, 0.25) is 5.16 Å². The molecule has 0 spiro atoms. The van der Waals surface area contributed by atoms with Gasteiger partial charge in [0, 0.05) is 17.7 Å². The fourth-order valence-corrected chi connectivity index (χ4v) is 1.97. The van der Waals surface area contributed by atoms with Crippen molar-refractivity contribution in [2.45, 2.75) is 12.1 Å². The normalized spacial score (nSPS) is 10.4. The van der Waals surface area contributed by atoms with E-state index in [-0.39, 0.29) is 11.5 Å². The van der Waals surface area contributed by atoms with Gasteiger partial charge in [0.1, 0.15) is 5.78 Å². The second-order valence-corrected chi connectivity index (χ2v) is 4.71. The summed E-state index contributed by atoms with van der Waals surface area (Å²) in [5.74, 6) is 0.771. The number of aromatic nitrogens is 3. The van der Waals surface area contributed by atoms with Gasteiger partial charge in [-0.15, -0.1) is 5.10 Å². The molecule has 0 atom stereocenters. The minimum absolute atomic E-state index is 0.00756. The van der Waals surface area contributed by atoms with Crippen LogP contribution in [0.5, 0.6) is 0 Å². The lowest BCUT2D eigenvalue weighted by atomic mass is 10.2. The maximum Gasteiger partial charge on any atom is 0.270 e. The van der Waals surface area contributed by atoms with Crippen LogP contribution in [-0.2, 0) is 4.79 Å². The maximum atomic E-state index is 10.9. The number of benzene rings is 1. The van der Waals surface area contributed by atoms with Crippen LogP contribution in [0.1, 0.15) is 6.92 Å². The average Bonchev–Trinajstić information content (AvgIpc) is 2.85. The molecule has 1 N–H and O–H groups in total. The molecular weight excluding hydrogens is 268 g/mol. The Labute approximate surface area is 112 Å². The van der Waals surface area contributed by atoms with Gasteiger partial charge in [0.15, 0.2) is 5.82 Å². The zero-order valence-corrected chi connectivity index (χ0v) is 10.8. The molecule has 7 nitrogen and oxygen atoms in total. The van der Waals surface area contributed by atoms with Gasteiger partial charge in [-0.05, 0) is 6.92 Å². The highest BCUT2D eigenvalue weighted by atomic mass is 32.2. The van der Waals surface area contributed by atoms with Crippen LogP contribution >= 0.6 is 11.8 Å². The van der Waals surface area contributed by atoms with Crippen molar-refractivity contribution in [3.63, 3.8) is 0 Å². The predicted octanol–water partition coefficient (Wildman–Crippen LogP) is 2.06. The summed E-state index contributed by atoms with van der Waals surface area (Å²) in [6.45, 7) is 1.49. The van der Waals surface area contributed by atoms with Crippen molar-refractivity contribution in [3.8, 4) is 11.4 Å². The molecule has 2 aromatic rings. The molecule has 0 amide bonds. The fraction of sp³-hybridized carbons (Fsp3) is 0.182. The highest BCUT2D eigenvalue weighted by Gasteiger charge is 2.11. The van der Waals surface area contributed by atoms with Crippen molar-refractivity contribution in [2.24, 2.45) is 0 Å². The van der Waals surface area contributed by atoms with E-state index in [0.717, 1.165) is 0 Å². The van der Waals surface area contributed by atoms with Crippen LogP contribution in [0.3, 0.4) is 0 Å². The predicted molar refractivity (Wildman–Crippen MR) is 69.9 cm³/mol. The van der Waals surface area contributed by atoms with Gasteiger partial charge in [-0.2, -0.15) is 0 Å². The van der Waals surface area contributed by atoms with E-state index in [1.807, 2.05) is 0 Å². The second kappa shape index (κ2) is 5.61. The third-order valence-corrected chi connectivity index (χ3v) is 3.19. The molecule has 98 valence electrons. The number of aromatic amines is 1. The molecule has 1 aromatic carbocycles. The molecule has 0 radical (unpaired) electrons. The Kier molecular flexibility index (Phi) is 3.91. The van der Waals surface area contributed by atoms with E-state index in [2.05, 4.69) is 15.2 Å². The Morgan fingerprint density at radius 3 is 3.00 bits per heavy atom. The van der Waals surface area contributed by atoms with E-state index in [0.29, 0.717) is 22.3 Å². The summed E-state index contributed by atoms with van der Waals surface area (Å²) in [5.41, 5.74) is 0.572. The summed E-state index contributed by atoms with van der Waals surface area (Å²) in [5, 5.41) is 17.8. The average molecular weight is 278 g/mol. The molecule has 0 unspecified atom stereocenters. The molecule has 1 heterocycles. The summed E-state index contributed by atoms with van der Waals surface area (Å²) in [6, 6.07) is 6.11. The van der Waals surface area contributed by atoms with Gasteiger partial charge >= 0.3 is 0 Å². The zero-order valence-electron chi connectivity index (χ0n) is 9.99. The molecular formula is C11H10N4O3S. The first-order chi connectivity index (χ1) is 9.06. The molecule has 0 saturated heterocycles. The minimum atomic E-state index is -0.467. The first-order valence-corrected chi connectivity index (χ1v) is 6.34. The van der Waals surface area contributed by atoms with Crippen molar-refractivity contribution >= 4 is 23.2 Å². The summed E-state index contributed by atoms with van der Waals surface area (Å²) < 4.78 is 0. The third-order valence-electron chi connectivity index (χ3n) is 2.20. The number of ketones is 1. The molecule has 0 saturated carbocycles. The molecule has 0 fully saturated rings. The monoisotopic (exact) mass is 278 g/mol. The van der Waals surface area contributed by atoms with E-state index in [4.69, 9.17) is 0 Å². The van der Waals surface area contributed by atoms with E-state index in [1.54, 1.807) is 12.1 Å². The molecule has 0 aliphatic heterocycles. The topological polar surface area (TPSA) is 102 Å². The molecule has 1 aromatic heterocycles. The van der Waals surface area contributed by atoms with Crippen LogP contribution in [0, 0.1) is 10.1 Å². The first kappa shape index (κ1) is 13.2. The van der Waals surface area contributed by atoms with Crippen LogP contribution < -0.4 is 0 Å². The second-order valence-electron chi connectivity index (χ2n) is 3.76. The lowest BCUT2D eigenvalue weighted by Gasteiger charge is -1.95. The summed E-state index contributed by atoms with van der Waals surface area (Å²) in [4.78, 5) is 25.2. The quantitative estimate of drug-likeness (QED) is 0.510. The number of hydrogen-bond acceptors (Lipinski definition) is 6. The number of hydrogen-bond donors (Lipinski definition) is 1. The van der Waals surface area contributed by atoms with Gasteiger partial charge in [0.05, 0.1) is 10.7 Å². The van der Waals surface area contributed by atoms with Crippen molar-refractivity contribution in [1.82, 2.24) is 15.2 Å². The van der Waals surface area contributed by atoms with Crippen LogP contribution in [0.25, 0.3) is 11.4 Å². The Morgan fingerprint density at radius 1 is 1.53 bits per heavy atom. The van der Waals surface area contributed by atoms with Crippen LogP contribution in [0.15, 0.2) is 29.4 Å². The fourth-order valence-electron chi connectivity index (χ4n) is 1.37. The maximum absolute atomic E-state index is 10.9. The van der Waals surface area contributed by atoms with E-state index in [9.17, 15) is 14.9 Å². The summed E-state index contributed by atoms with van der Waals surface area (Å²) >= 11 is 1.22. The highest BCUT2D eigenvalue weighted by Crippen LogP contribution is 2.22. The third kappa shape index (κ3) is 3.38. The smallest absolute Gasteiger partial charge is 0.270 e. The lowest BCUT2D eigenvalue weighted by molar-refractivity contribution is -0.384. The summed E-state index contributed by atoms with van der Waals surface area (Å²) in [6.07, 6.45) is 0. The number of nitrogens with one attached hydrogen (secondary N) is 1. The van der Waals surface area contributed by atoms with E-state index >= 15 is 0 Å². The van der Waals surface area contributed by atoms with Crippen LogP contribution in [0.2, 0.25) is 0 Å². The largest absolute Gasteiger partial charge is 0.299 e. The number of carbonyl (C=O) groups excluding carboxylic acids is 1. The van der Waals surface area contributed by atoms with Crippen LogP contribution in [-0.4, -0.2) is 31.6 Å². The Morgan fingerprint density at radius 2 is 2.32 bits per heavy atom. The van der Waals surface area contributed by atoms with Gasteiger partial charge in [-0.3, -0.25) is 20.0 Å². The Balaban J connectivity index is 2.20. The minimum Gasteiger partial charge on any atom is -0.299 e. The van der Waals surface area contributed by atoms with Gasteiger partial charge in [0.25, 0.3) is 5.69 Å². The van der Waals surface area contributed by atoms with Crippen molar-refractivity contribution in [2.75, 3.05) is 5.75 Å². The van der Waals surface area contributed by atoms with Crippen LogP contribution in [0.4, 0.5) is 5.69 Å². The number of H-pyrrole nitrogens is 1. The molecule has 19 heavy (non-hydrogen) atoms. The number of carbonyl (C=O) groups is 1. The molecule has 0 aliphatic rings. The van der Waals surface area contributed by atoms with Gasteiger partial charge < -0.3 is 0 Å². The number of thioether (sulfide) groups is 1. The van der Waals surface area contributed by atoms with Crippen molar-refractivity contribution in [1.29, 1.82) is 0 Å². The van der Waals surface area contributed by atoms with Crippen molar-refractivity contribution < 1.29 is 9.72 Å².